The Morgan fingerprint density at radius 1 is 0.688 bits per heavy atom. The van der Waals surface area contributed by atoms with Crippen molar-refractivity contribution < 1.29 is 0 Å². The van der Waals surface area contributed by atoms with Crippen molar-refractivity contribution in [2.45, 2.75) is 24.7 Å². The van der Waals surface area contributed by atoms with Crippen molar-refractivity contribution in [3.05, 3.63) is 96.1 Å². The maximum absolute atomic E-state index is 9.13. The molecule has 4 heteroatoms. The number of halogens is 2. The summed E-state index contributed by atoms with van der Waals surface area (Å²) in [4.78, 5) is 0. The summed E-state index contributed by atoms with van der Waals surface area (Å²) in [6.07, 6.45) is 2.52. The van der Waals surface area contributed by atoms with Crippen LogP contribution in [0.15, 0.2) is 84.9 Å². The van der Waals surface area contributed by atoms with Crippen LogP contribution in [-0.4, -0.2) is 10.7 Å². The van der Waals surface area contributed by atoms with E-state index in [4.69, 9.17) is 10.5 Å². The quantitative estimate of drug-likeness (QED) is 0.243. The fourth-order valence-corrected chi connectivity index (χ4v) is 3.52. The van der Waals surface area contributed by atoms with E-state index in [0.717, 1.165) is 29.1 Å². The largest absolute Gasteiger partial charge is 0.198 e. The van der Waals surface area contributed by atoms with Gasteiger partial charge in [0.2, 0.25) is 0 Å². The highest BCUT2D eigenvalue weighted by atomic mass is 79.9. The average Bonchev–Trinajstić information content (AvgIpc) is 3.66. The van der Waals surface area contributed by atoms with Crippen molar-refractivity contribution in [3.8, 4) is 12.1 Å². The van der Waals surface area contributed by atoms with E-state index in [-0.39, 0.29) is 5.41 Å². The minimum absolute atomic E-state index is 0.163. The van der Waals surface area contributed by atoms with Gasteiger partial charge < -0.3 is 0 Å². The first-order valence-electron chi connectivity index (χ1n) is 10.5. The van der Waals surface area contributed by atoms with E-state index in [1.807, 2.05) is 30.3 Å². The van der Waals surface area contributed by atoms with Crippen LogP contribution >= 0.6 is 31.9 Å². The van der Waals surface area contributed by atoms with Gasteiger partial charge in [-0.05, 0) is 51.6 Å². The lowest BCUT2D eigenvalue weighted by atomic mass is 9.95. The summed E-state index contributed by atoms with van der Waals surface area (Å²) >= 11 is 6.40. The van der Waals surface area contributed by atoms with Gasteiger partial charge in [-0.2, -0.15) is 10.5 Å². The zero-order valence-corrected chi connectivity index (χ0v) is 20.9. The van der Waals surface area contributed by atoms with Crippen LogP contribution in [0.4, 0.5) is 0 Å². The summed E-state index contributed by atoms with van der Waals surface area (Å²) in [6.45, 7) is 0. The molecule has 0 unspecified atom stereocenters. The van der Waals surface area contributed by atoms with Crippen LogP contribution in [-0.2, 0) is 11.8 Å². The summed E-state index contributed by atoms with van der Waals surface area (Å²) in [5.41, 5.74) is 2.11. The van der Waals surface area contributed by atoms with E-state index in [9.17, 15) is 0 Å². The molecule has 4 aromatic carbocycles. The molecule has 0 heterocycles. The zero-order valence-electron chi connectivity index (χ0n) is 17.8. The molecule has 0 saturated heterocycles. The summed E-state index contributed by atoms with van der Waals surface area (Å²) < 4.78 is 0. The SMILES string of the molecule is BrCCBr.N#CC1(c2ccc3ccccc3c2)CC1.N#CCc1ccc2ccccc2c1. The standard InChI is InChI=1S/C14H11N.C12H9N.C2H4Br2/c15-10-14(7-8-14)13-6-5-11-3-1-2-4-12(11)9-13;13-8-7-10-5-6-11-3-1-2-4-12(11)9-10;3-1-2-4/h1-6,9H,7-8H2;1-6,9H,7H2;1-2H2. The van der Waals surface area contributed by atoms with Crippen molar-refractivity contribution in [3.63, 3.8) is 0 Å². The van der Waals surface area contributed by atoms with Crippen molar-refractivity contribution in [1.29, 1.82) is 10.5 Å². The molecule has 0 N–H and O–H groups in total. The highest BCUT2D eigenvalue weighted by Crippen LogP contribution is 2.47. The molecule has 1 aliphatic carbocycles. The predicted molar refractivity (Wildman–Crippen MR) is 141 cm³/mol. The van der Waals surface area contributed by atoms with Gasteiger partial charge in [-0.3, -0.25) is 0 Å². The number of benzene rings is 4. The lowest BCUT2D eigenvalue weighted by molar-refractivity contribution is 0.911. The third-order valence-corrected chi connectivity index (χ3v) is 7.29. The fourth-order valence-electron chi connectivity index (χ4n) is 3.52. The van der Waals surface area contributed by atoms with Gasteiger partial charge in [-0.15, -0.1) is 0 Å². The Bertz CT molecular complexity index is 1260. The predicted octanol–water partition coefficient (Wildman–Crippen LogP) is 8.08. The maximum atomic E-state index is 9.13. The smallest absolute Gasteiger partial charge is 0.0824 e. The number of alkyl halides is 2. The molecule has 0 atom stereocenters. The third kappa shape index (κ3) is 6.19. The van der Waals surface area contributed by atoms with E-state index in [0.29, 0.717) is 6.42 Å². The third-order valence-electron chi connectivity index (χ3n) is 5.43. The van der Waals surface area contributed by atoms with Gasteiger partial charge in [-0.25, -0.2) is 0 Å². The molecule has 0 bridgehead atoms. The Hall–Kier alpha value is -2.66. The van der Waals surface area contributed by atoms with E-state index >= 15 is 0 Å². The monoisotopic (exact) mass is 546 g/mol. The van der Waals surface area contributed by atoms with E-state index in [1.54, 1.807) is 0 Å². The van der Waals surface area contributed by atoms with Gasteiger partial charge in [0.15, 0.2) is 0 Å². The lowest BCUT2D eigenvalue weighted by Crippen LogP contribution is -2.01. The summed E-state index contributed by atoms with van der Waals surface area (Å²) in [5.74, 6) is 0. The first kappa shape index (κ1) is 24.0. The number of rotatable bonds is 3. The molecule has 0 radical (unpaired) electrons. The maximum Gasteiger partial charge on any atom is 0.0824 e. The highest BCUT2D eigenvalue weighted by Gasteiger charge is 2.44. The van der Waals surface area contributed by atoms with Gasteiger partial charge in [0.25, 0.3) is 0 Å². The first-order chi connectivity index (χ1) is 15.7. The number of hydrogen-bond donors (Lipinski definition) is 0. The van der Waals surface area contributed by atoms with Crippen LogP contribution in [0.25, 0.3) is 21.5 Å². The van der Waals surface area contributed by atoms with E-state index < -0.39 is 0 Å². The molecule has 0 amide bonds. The van der Waals surface area contributed by atoms with Crippen molar-refractivity contribution in [1.82, 2.24) is 0 Å². The average molecular weight is 548 g/mol. The van der Waals surface area contributed by atoms with Crippen molar-refractivity contribution in [2.75, 3.05) is 10.7 Å². The minimum Gasteiger partial charge on any atom is -0.198 e. The second-order valence-corrected chi connectivity index (χ2v) is 9.24. The second kappa shape index (κ2) is 11.8. The Labute approximate surface area is 206 Å². The summed E-state index contributed by atoms with van der Waals surface area (Å²) in [5, 5.41) is 24.7. The summed E-state index contributed by atoms with van der Waals surface area (Å²) in [6, 6.07) is 33.5. The van der Waals surface area contributed by atoms with Crippen LogP contribution in [0.3, 0.4) is 0 Å². The lowest BCUT2D eigenvalue weighted by Gasteiger charge is -2.07. The number of nitrogens with zero attached hydrogens (tertiary/aromatic N) is 2. The molecule has 1 fully saturated rings. The van der Waals surface area contributed by atoms with Crippen LogP contribution < -0.4 is 0 Å². The highest BCUT2D eigenvalue weighted by molar-refractivity contribution is 9.11. The molecule has 0 spiro atoms. The molecule has 32 heavy (non-hydrogen) atoms. The van der Waals surface area contributed by atoms with Crippen molar-refractivity contribution in [2.24, 2.45) is 0 Å². The topological polar surface area (TPSA) is 47.6 Å². The van der Waals surface area contributed by atoms with Gasteiger partial charge in [0, 0.05) is 10.7 Å². The van der Waals surface area contributed by atoms with Crippen LogP contribution in [0.1, 0.15) is 24.0 Å². The van der Waals surface area contributed by atoms with Gasteiger partial charge in [-0.1, -0.05) is 111 Å². The fraction of sp³-hybridized carbons (Fsp3) is 0.214. The summed E-state index contributed by atoms with van der Waals surface area (Å²) in [7, 11) is 0. The molecule has 2 nitrogen and oxygen atoms in total. The number of fused-ring (bicyclic) bond motifs is 2. The molecule has 5 rings (SSSR count). The number of nitriles is 2. The Balaban J connectivity index is 0.000000157. The normalized spacial score (nSPS) is 13.0. The molecule has 1 saturated carbocycles. The Kier molecular flexibility index (Phi) is 8.86. The molecule has 1 aliphatic rings. The first-order valence-corrected chi connectivity index (χ1v) is 12.8. The van der Waals surface area contributed by atoms with Crippen LogP contribution in [0, 0.1) is 22.7 Å². The molecule has 0 aliphatic heterocycles. The Morgan fingerprint density at radius 2 is 1.22 bits per heavy atom. The van der Waals surface area contributed by atoms with Gasteiger partial charge in [0.1, 0.15) is 0 Å². The molecule has 0 aromatic heterocycles. The van der Waals surface area contributed by atoms with E-state index in [1.165, 1.54) is 27.1 Å². The van der Waals surface area contributed by atoms with Crippen LogP contribution in [0.5, 0.6) is 0 Å². The molecular formula is C28H24Br2N2. The molecule has 160 valence electrons. The number of hydrogen-bond acceptors (Lipinski definition) is 2. The van der Waals surface area contributed by atoms with Gasteiger partial charge in [0.05, 0.1) is 24.0 Å². The van der Waals surface area contributed by atoms with Gasteiger partial charge >= 0.3 is 0 Å². The minimum atomic E-state index is -0.163. The van der Waals surface area contributed by atoms with Crippen LogP contribution in [0.2, 0.25) is 0 Å². The molecular weight excluding hydrogens is 524 g/mol. The zero-order chi connectivity index (χ0) is 22.8. The second-order valence-electron chi connectivity index (χ2n) is 7.65. The van der Waals surface area contributed by atoms with E-state index in [2.05, 4.69) is 98.6 Å². The molecule has 4 aromatic rings. The Morgan fingerprint density at radius 3 is 1.72 bits per heavy atom. The van der Waals surface area contributed by atoms with Crippen molar-refractivity contribution >= 4 is 53.4 Å².